The molecule has 0 aromatic heterocycles. The lowest BCUT2D eigenvalue weighted by Gasteiger charge is -2.19. The molecular weight excluding hydrogens is 236 g/mol. The number of carbonyl (C=O) groups excluding carboxylic acids is 1. The molecule has 2 nitrogen and oxygen atoms in total. The zero-order valence-electron chi connectivity index (χ0n) is 12.2. The van der Waals surface area contributed by atoms with Gasteiger partial charge in [-0.15, -0.1) is 0 Å². The maximum atomic E-state index is 11.8. The lowest BCUT2D eigenvalue weighted by Crippen LogP contribution is -2.25. The molecule has 104 valence electrons. The Morgan fingerprint density at radius 2 is 1.95 bits per heavy atom. The van der Waals surface area contributed by atoms with E-state index in [9.17, 15) is 4.79 Å². The van der Waals surface area contributed by atoms with Crippen molar-refractivity contribution in [3.05, 3.63) is 35.9 Å². The summed E-state index contributed by atoms with van der Waals surface area (Å²) in [6, 6.07) is 10.5. The van der Waals surface area contributed by atoms with E-state index in [2.05, 4.69) is 24.3 Å². The van der Waals surface area contributed by atoms with E-state index in [1.54, 1.807) is 0 Å². The monoisotopic (exact) mass is 260 g/mol. The molecule has 2 heteroatoms. The zero-order chi connectivity index (χ0) is 13.9. The molecule has 0 N–H and O–H groups in total. The Bertz CT molecular complexity index is 417. The van der Waals surface area contributed by atoms with Gasteiger partial charge in [0.1, 0.15) is 5.60 Å². The molecule has 2 rings (SSSR count). The van der Waals surface area contributed by atoms with Crippen LogP contribution in [-0.4, -0.2) is 11.6 Å². The Morgan fingerprint density at radius 3 is 2.58 bits per heavy atom. The number of esters is 1. The molecule has 1 aliphatic carbocycles. The van der Waals surface area contributed by atoms with E-state index in [1.165, 1.54) is 5.56 Å². The average Bonchev–Trinajstić information content (AvgIpc) is 3.08. The summed E-state index contributed by atoms with van der Waals surface area (Å²) in [5.74, 6) is 0.714. The van der Waals surface area contributed by atoms with E-state index in [-0.39, 0.29) is 17.5 Å². The molecule has 0 spiro atoms. The van der Waals surface area contributed by atoms with Crippen molar-refractivity contribution >= 4 is 5.97 Å². The molecule has 1 aromatic rings. The standard InChI is InChI=1S/C17H24O2/c1-17(2,3)19-16(18)15-12-14(15)11-7-10-13-8-5-4-6-9-13/h4-6,8-9,14-15H,7,10-12H2,1-3H3. The van der Waals surface area contributed by atoms with Crippen LogP contribution in [0.3, 0.4) is 0 Å². The molecule has 0 aliphatic heterocycles. The molecule has 2 unspecified atom stereocenters. The van der Waals surface area contributed by atoms with Gasteiger partial charge in [-0.3, -0.25) is 4.79 Å². The molecule has 0 amide bonds. The first-order chi connectivity index (χ1) is 8.96. The average molecular weight is 260 g/mol. The van der Waals surface area contributed by atoms with Crippen molar-refractivity contribution < 1.29 is 9.53 Å². The third-order valence-corrected chi connectivity index (χ3v) is 3.52. The van der Waals surface area contributed by atoms with Gasteiger partial charge in [0.05, 0.1) is 5.92 Å². The molecule has 1 aromatic carbocycles. The van der Waals surface area contributed by atoms with E-state index in [0.717, 1.165) is 25.7 Å². The van der Waals surface area contributed by atoms with Crippen LogP contribution in [0.5, 0.6) is 0 Å². The summed E-state index contributed by atoms with van der Waals surface area (Å²) >= 11 is 0. The maximum Gasteiger partial charge on any atom is 0.309 e. The minimum atomic E-state index is -0.353. The van der Waals surface area contributed by atoms with Crippen LogP contribution < -0.4 is 0 Å². The Kier molecular flexibility index (Phi) is 4.28. The molecule has 1 fully saturated rings. The van der Waals surface area contributed by atoms with Crippen molar-refractivity contribution in [2.75, 3.05) is 0 Å². The van der Waals surface area contributed by atoms with Crippen LogP contribution in [0, 0.1) is 11.8 Å². The van der Waals surface area contributed by atoms with Crippen molar-refractivity contribution in [2.24, 2.45) is 11.8 Å². The fourth-order valence-corrected chi connectivity index (χ4v) is 2.45. The van der Waals surface area contributed by atoms with Crippen molar-refractivity contribution in [3.63, 3.8) is 0 Å². The van der Waals surface area contributed by atoms with Crippen molar-refractivity contribution in [1.82, 2.24) is 0 Å². The van der Waals surface area contributed by atoms with Gasteiger partial charge in [0, 0.05) is 0 Å². The van der Waals surface area contributed by atoms with Crippen LogP contribution in [0.15, 0.2) is 30.3 Å². The topological polar surface area (TPSA) is 26.3 Å². The number of carbonyl (C=O) groups is 1. The number of rotatable bonds is 5. The van der Waals surface area contributed by atoms with Crippen LogP contribution in [-0.2, 0) is 16.0 Å². The highest BCUT2D eigenvalue weighted by Gasteiger charge is 2.44. The third kappa shape index (κ3) is 4.70. The highest BCUT2D eigenvalue weighted by atomic mass is 16.6. The Hall–Kier alpha value is -1.31. The van der Waals surface area contributed by atoms with Gasteiger partial charge in [0.2, 0.25) is 0 Å². The second kappa shape index (κ2) is 5.77. The van der Waals surface area contributed by atoms with Gasteiger partial charge in [0.15, 0.2) is 0 Å². The number of hydrogen-bond donors (Lipinski definition) is 0. The summed E-state index contributed by atoms with van der Waals surface area (Å²) in [4.78, 5) is 11.8. The Morgan fingerprint density at radius 1 is 1.26 bits per heavy atom. The lowest BCUT2D eigenvalue weighted by atomic mass is 10.1. The first-order valence-corrected chi connectivity index (χ1v) is 7.22. The van der Waals surface area contributed by atoms with E-state index in [1.807, 2.05) is 26.8 Å². The zero-order valence-corrected chi connectivity index (χ0v) is 12.2. The minimum Gasteiger partial charge on any atom is -0.460 e. The summed E-state index contributed by atoms with van der Waals surface area (Å²) < 4.78 is 5.42. The molecule has 0 bridgehead atoms. The number of aryl methyl sites for hydroxylation is 1. The summed E-state index contributed by atoms with van der Waals surface area (Å²) in [5, 5.41) is 0. The summed E-state index contributed by atoms with van der Waals surface area (Å²) in [5.41, 5.74) is 1.03. The first-order valence-electron chi connectivity index (χ1n) is 7.22. The molecule has 1 saturated carbocycles. The SMILES string of the molecule is CC(C)(C)OC(=O)C1CC1CCCc1ccccc1. The predicted octanol–water partition coefficient (Wildman–Crippen LogP) is 3.99. The normalized spacial score (nSPS) is 22.1. The number of benzene rings is 1. The molecular formula is C17H24O2. The van der Waals surface area contributed by atoms with Crippen LogP contribution in [0.25, 0.3) is 0 Å². The maximum absolute atomic E-state index is 11.8. The lowest BCUT2D eigenvalue weighted by molar-refractivity contribution is -0.156. The highest BCUT2D eigenvalue weighted by molar-refractivity contribution is 5.76. The first kappa shape index (κ1) is 14.1. The van der Waals surface area contributed by atoms with Gasteiger partial charge in [-0.05, 0) is 57.9 Å². The fraction of sp³-hybridized carbons (Fsp3) is 0.588. The van der Waals surface area contributed by atoms with Gasteiger partial charge in [0.25, 0.3) is 0 Å². The fourth-order valence-electron chi connectivity index (χ4n) is 2.45. The molecule has 0 heterocycles. The van der Waals surface area contributed by atoms with Gasteiger partial charge < -0.3 is 4.74 Å². The van der Waals surface area contributed by atoms with Gasteiger partial charge in [-0.25, -0.2) is 0 Å². The quantitative estimate of drug-likeness (QED) is 0.748. The second-order valence-electron chi connectivity index (χ2n) is 6.51. The molecule has 0 radical (unpaired) electrons. The summed E-state index contributed by atoms with van der Waals surface area (Å²) in [7, 11) is 0. The largest absolute Gasteiger partial charge is 0.460 e. The molecule has 0 saturated heterocycles. The van der Waals surface area contributed by atoms with Crippen molar-refractivity contribution in [1.29, 1.82) is 0 Å². The van der Waals surface area contributed by atoms with E-state index in [0.29, 0.717) is 5.92 Å². The summed E-state index contributed by atoms with van der Waals surface area (Å²) in [6.07, 6.45) is 4.43. The van der Waals surface area contributed by atoms with E-state index in [4.69, 9.17) is 4.74 Å². The molecule has 2 atom stereocenters. The van der Waals surface area contributed by atoms with Gasteiger partial charge in [-0.2, -0.15) is 0 Å². The van der Waals surface area contributed by atoms with Crippen LogP contribution in [0.2, 0.25) is 0 Å². The van der Waals surface area contributed by atoms with Crippen LogP contribution >= 0.6 is 0 Å². The van der Waals surface area contributed by atoms with Gasteiger partial charge in [-0.1, -0.05) is 30.3 Å². The predicted molar refractivity (Wildman–Crippen MR) is 76.8 cm³/mol. The Balaban J connectivity index is 1.66. The van der Waals surface area contributed by atoms with Crippen molar-refractivity contribution in [2.45, 2.75) is 52.1 Å². The smallest absolute Gasteiger partial charge is 0.309 e. The minimum absolute atomic E-state index is 0.00258. The number of ether oxygens (including phenoxy) is 1. The molecule has 1 aliphatic rings. The highest BCUT2D eigenvalue weighted by Crippen LogP contribution is 2.43. The van der Waals surface area contributed by atoms with Crippen LogP contribution in [0.1, 0.15) is 45.6 Å². The molecule has 19 heavy (non-hydrogen) atoms. The van der Waals surface area contributed by atoms with Gasteiger partial charge >= 0.3 is 5.97 Å². The summed E-state index contributed by atoms with van der Waals surface area (Å²) in [6.45, 7) is 5.78. The van der Waals surface area contributed by atoms with Crippen molar-refractivity contribution in [3.8, 4) is 0 Å². The Labute approximate surface area is 116 Å². The van der Waals surface area contributed by atoms with Crippen LogP contribution in [0.4, 0.5) is 0 Å². The van der Waals surface area contributed by atoms with E-state index >= 15 is 0 Å². The third-order valence-electron chi connectivity index (χ3n) is 3.52. The second-order valence-corrected chi connectivity index (χ2v) is 6.51. The van der Waals surface area contributed by atoms with E-state index < -0.39 is 0 Å². The number of hydrogen-bond acceptors (Lipinski definition) is 2.